The van der Waals surface area contributed by atoms with Gasteiger partial charge in [0.2, 0.25) is 0 Å². The number of nitrogens with zero attached hydrogens (tertiary/aromatic N) is 1. The molecule has 23 heavy (non-hydrogen) atoms. The lowest BCUT2D eigenvalue weighted by Crippen LogP contribution is -2.23. The van der Waals surface area contributed by atoms with Crippen LogP contribution in [0.1, 0.15) is 104 Å². The van der Waals surface area contributed by atoms with Gasteiger partial charge >= 0.3 is 0 Å². The van der Waals surface area contributed by atoms with Crippen LogP contribution in [-0.4, -0.2) is 24.1 Å². The third-order valence-corrected chi connectivity index (χ3v) is 4.86. The zero-order valence-corrected chi connectivity index (χ0v) is 16.0. The van der Waals surface area contributed by atoms with Crippen LogP contribution in [0, 0.1) is 0 Å². The van der Waals surface area contributed by atoms with E-state index >= 15 is 0 Å². The van der Waals surface area contributed by atoms with Crippen LogP contribution in [0.25, 0.3) is 0 Å². The van der Waals surface area contributed by atoms with Gasteiger partial charge in [-0.25, -0.2) is 5.01 Å². The Bertz CT molecular complexity index is 275. The minimum absolute atomic E-state index is 0.782. The minimum Gasteiger partial charge on any atom is -0.255 e. The molecule has 0 bridgehead atoms. The molecule has 1 N–H and O–H groups in total. The normalized spacial score (nSPS) is 20.4. The molecule has 1 fully saturated rings. The van der Waals surface area contributed by atoms with Crippen molar-refractivity contribution in [3.63, 3.8) is 0 Å². The van der Waals surface area contributed by atoms with Gasteiger partial charge in [0, 0.05) is 19.1 Å². The molecule has 0 radical (unpaired) electrons. The summed E-state index contributed by atoms with van der Waals surface area (Å²) in [5, 5.41) is 2.33. The predicted octanol–water partition coefficient (Wildman–Crippen LogP) is 6.23. The molecule has 2 heteroatoms. The van der Waals surface area contributed by atoms with Crippen molar-refractivity contribution in [1.82, 2.24) is 10.4 Å². The highest BCUT2D eigenvalue weighted by molar-refractivity contribution is 4.81. The lowest BCUT2D eigenvalue weighted by atomic mass is 10.1. The van der Waals surface area contributed by atoms with Crippen molar-refractivity contribution in [3.8, 4) is 0 Å². The Hall–Kier alpha value is -0.340. The second-order valence-electron chi connectivity index (χ2n) is 7.35. The van der Waals surface area contributed by atoms with E-state index in [1.54, 1.807) is 0 Å². The smallest absolute Gasteiger partial charge is 0.0357 e. The summed E-state index contributed by atoms with van der Waals surface area (Å²) >= 11 is 0. The van der Waals surface area contributed by atoms with Gasteiger partial charge in [0.05, 0.1) is 0 Å². The number of allylic oxidation sites excluding steroid dienone is 2. The van der Waals surface area contributed by atoms with E-state index in [9.17, 15) is 0 Å². The van der Waals surface area contributed by atoms with Crippen molar-refractivity contribution in [2.75, 3.05) is 13.1 Å². The zero-order valence-electron chi connectivity index (χ0n) is 16.0. The summed E-state index contributed by atoms with van der Waals surface area (Å²) in [5.74, 6) is 0. The van der Waals surface area contributed by atoms with Gasteiger partial charge in [-0.3, -0.25) is 5.43 Å². The second-order valence-corrected chi connectivity index (χ2v) is 7.35. The Morgan fingerprint density at radius 3 is 1.78 bits per heavy atom. The second kappa shape index (κ2) is 15.2. The van der Waals surface area contributed by atoms with Crippen molar-refractivity contribution in [2.24, 2.45) is 0 Å². The maximum absolute atomic E-state index is 3.48. The Morgan fingerprint density at radius 2 is 1.26 bits per heavy atom. The lowest BCUT2D eigenvalue weighted by molar-refractivity contribution is 0.369. The van der Waals surface area contributed by atoms with Gasteiger partial charge < -0.3 is 0 Å². The van der Waals surface area contributed by atoms with E-state index < -0.39 is 0 Å². The number of unbranched alkanes of at least 4 members (excludes halogenated alkanes) is 12. The summed E-state index contributed by atoms with van der Waals surface area (Å²) in [6.07, 6.45) is 24.3. The van der Waals surface area contributed by atoms with Gasteiger partial charge in [0.1, 0.15) is 0 Å². The molecule has 2 unspecified atom stereocenters. The Morgan fingerprint density at radius 1 is 0.783 bits per heavy atom. The van der Waals surface area contributed by atoms with E-state index in [1.807, 2.05) is 0 Å². The maximum Gasteiger partial charge on any atom is 0.0357 e. The molecule has 0 aromatic rings. The SMILES string of the molecule is CCCCCCCCC=CCCCCCCCCNN1CC1C. The first kappa shape index (κ1) is 20.7. The monoisotopic (exact) mass is 322 g/mol. The molecule has 1 aliphatic rings. The largest absolute Gasteiger partial charge is 0.255 e. The highest BCUT2D eigenvalue weighted by atomic mass is 15.6. The zero-order chi connectivity index (χ0) is 16.6. The lowest BCUT2D eigenvalue weighted by Gasteiger charge is -2.05. The Labute approximate surface area is 146 Å². The van der Waals surface area contributed by atoms with Crippen LogP contribution in [0.3, 0.4) is 0 Å². The van der Waals surface area contributed by atoms with Crippen molar-refractivity contribution >= 4 is 0 Å². The van der Waals surface area contributed by atoms with Gasteiger partial charge in [-0.2, -0.15) is 0 Å². The summed E-state index contributed by atoms with van der Waals surface area (Å²) in [5.41, 5.74) is 3.48. The standard InChI is InChI=1S/C21H42N2/c1-3-4-5-6-7-8-9-10-11-12-13-14-15-16-17-18-19-22-23-20-21(23)2/h10-11,21-22H,3-9,12-20H2,1-2H3. The number of hydrogen-bond donors (Lipinski definition) is 1. The molecular formula is C21H42N2. The summed E-state index contributed by atoms with van der Waals surface area (Å²) in [4.78, 5) is 0. The molecule has 2 nitrogen and oxygen atoms in total. The van der Waals surface area contributed by atoms with Crippen LogP contribution in [0.4, 0.5) is 0 Å². The molecule has 1 saturated heterocycles. The molecule has 2 atom stereocenters. The molecule has 0 aliphatic carbocycles. The van der Waals surface area contributed by atoms with Crippen molar-refractivity contribution in [2.45, 2.75) is 110 Å². The van der Waals surface area contributed by atoms with Crippen LogP contribution >= 0.6 is 0 Å². The molecular weight excluding hydrogens is 280 g/mol. The summed E-state index contributed by atoms with van der Waals surface area (Å²) in [6.45, 7) is 6.97. The fourth-order valence-corrected chi connectivity index (χ4v) is 3.05. The van der Waals surface area contributed by atoms with Gasteiger partial charge in [-0.05, 0) is 39.0 Å². The number of rotatable bonds is 17. The van der Waals surface area contributed by atoms with Crippen molar-refractivity contribution in [3.05, 3.63) is 12.2 Å². The van der Waals surface area contributed by atoms with E-state index in [4.69, 9.17) is 0 Å². The average Bonchev–Trinajstić information content (AvgIpc) is 3.26. The first-order valence-corrected chi connectivity index (χ1v) is 10.5. The number of hydrogen-bond acceptors (Lipinski definition) is 2. The molecule has 0 aromatic carbocycles. The van der Waals surface area contributed by atoms with Crippen LogP contribution in [0.5, 0.6) is 0 Å². The molecule has 1 rings (SSSR count). The average molecular weight is 323 g/mol. The molecule has 0 aromatic heterocycles. The predicted molar refractivity (Wildman–Crippen MR) is 104 cm³/mol. The van der Waals surface area contributed by atoms with Crippen molar-refractivity contribution < 1.29 is 0 Å². The molecule has 1 aliphatic heterocycles. The highest BCUT2D eigenvalue weighted by Gasteiger charge is 2.27. The molecule has 136 valence electrons. The minimum atomic E-state index is 0.782. The van der Waals surface area contributed by atoms with E-state index in [2.05, 4.69) is 36.4 Å². The topological polar surface area (TPSA) is 15.0 Å². The van der Waals surface area contributed by atoms with Gasteiger partial charge in [0.25, 0.3) is 0 Å². The van der Waals surface area contributed by atoms with Gasteiger partial charge in [-0.15, -0.1) is 0 Å². The van der Waals surface area contributed by atoms with E-state index in [1.165, 1.54) is 103 Å². The third-order valence-electron chi connectivity index (χ3n) is 4.86. The summed E-state index contributed by atoms with van der Waals surface area (Å²) < 4.78 is 0. The van der Waals surface area contributed by atoms with Crippen LogP contribution in [-0.2, 0) is 0 Å². The van der Waals surface area contributed by atoms with Crippen LogP contribution < -0.4 is 5.43 Å². The molecule has 0 saturated carbocycles. The van der Waals surface area contributed by atoms with Crippen LogP contribution in [0.2, 0.25) is 0 Å². The first-order valence-electron chi connectivity index (χ1n) is 10.5. The van der Waals surface area contributed by atoms with Crippen LogP contribution in [0.15, 0.2) is 12.2 Å². The highest BCUT2D eigenvalue weighted by Crippen LogP contribution is 2.12. The molecule has 1 heterocycles. The summed E-state index contributed by atoms with van der Waals surface area (Å²) in [7, 11) is 0. The molecule has 0 amide bonds. The first-order chi connectivity index (χ1) is 11.3. The Kier molecular flexibility index (Phi) is 13.7. The van der Waals surface area contributed by atoms with E-state index in [-0.39, 0.29) is 0 Å². The van der Waals surface area contributed by atoms with Crippen molar-refractivity contribution in [1.29, 1.82) is 0 Å². The fraction of sp³-hybridized carbons (Fsp3) is 0.905. The molecule has 0 spiro atoms. The Balaban J connectivity index is 1.66. The number of hydrazine groups is 1. The van der Waals surface area contributed by atoms with E-state index in [0.717, 1.165) is 6.04 Å². The van der Waals surface area contributed by atoms with E-state index in [0.29, 0.717) is 0 Å². The maximum atomic E-state index is 3.48. The quantitative estimate of drug-likeness (QED) is 0.194. The third kappa shape index (κ3) is 13.8. The summed E-state index contributed by atoms with van der Waals surface area (Å²) in [6, 6.07) is 0.782. The van der Waals surface area contributed by atoms with Gasteiger partial charge in [-0.1, -0.05) is 76.9 Å². The van der Waals surface area contributed by atoms with Gasteiger partial charge in [0.15, 0.2) is 0 Å². The number of nitrogens with one attached hydrogen (secondary N) is 1. The fourth-order valence-electron chi connectivity index (χ4n) is 3.05.